The van der Waals surface area contributed by atoms with Crippen molar-refractivity contribution in [1.82, 2.24) is 0 Å². The maximum Gasteiger partial charge on any atom is 0.256 e. The molecule has 6 heteroatoms. The van der Waals surface area contributed by atoms with Gasteiger partial charge in [0.1, 0.15) is 0 Å². The van der Waals surface area contributed by atoms with Crippen LogP contribution >= 0.6 is 23.1 Å². The summed E-state index contributed by atoms with van der Waals surface area (Å²) in [6.45, 7) is 1.26. The van der Waals surface area contributed by atoms with Gasteiger partial charge in [-0.25, -0.2) is 0 Å². The highest BCUT2D eigenvalue weighted by molar-refractivity contribution is 7.98. The average molecular weight is 398 g/mol. The Morgan fingerprint density at radius 3 is 2.78 bits per heavy atom. The van der Waals surface area contributed by atoms with Gasteiger partial charge in [-0.15, -0.1) is 11.8 Å². The Hall–Kier alpha value is -2.44. The highest BCUT2D eigenvalue weighted by Crippen LogP contribution is 2.33. The molecule has 1 aliphatic heterocycles. The van der Waals surface area contributed by atoms with Gasteiger partial charge in [-0.2, -0.15) is 11.3 Å². The Morgan fingerprint density at radius 2 is 1.93 bits per heavy atom. The molecular weight excluding hydrogens is 378 g/mol. The lowest BCUT2D eigenvalue weighted by Crippen LogP contribution is -2.13. The van der Waals surface area contributed by atoms with Crippen LogP contribution in [0.25, 0.3) is 0 Å². The van der Waals surface area contributed by atoms with E-state index in [0.717, 1.165) is 22.8 Å². The zero-order valence-electron chi connectivity index (χ0n) is 14.6. The maximum atomic E-state index is 12.8. The van der Waals surface area contributed by atoms with Crippen LogP contribution in [-0.2, 0) is 5.75 Å². The van der Waals surface area contributed by atoms with Crippen LogP contribution in [0.2, 0.25) is 0 Å². The maximum absolute atomic E-state index is 12.8. The van der Waals surface area contributed by atoms with Gasteiger partial charge < -0.3 is 14.8 Å². The smallest absolute Gasteiger partial charge is 0.256 e. The van der Waals surface area contributed by atoms with Gasteiger partial charge in [-0.3, -0.25) is 4.79 Å². The number of fused-ring (bicyclic) bond motifs is 1. The zero-order chi connectivity index (χ0) is 18.5. The van der Waals surface area contributed by atoms with E-state index in [1.807, 2.05) is 42.5 Å². The molecule has 0 saturated carbocycles. The van der Waals surface area contributed by atoms with E-state index in [9.17, 15) is 4.79 Å². The van der Waals surface area contributed by atoms with Crippen molar-refractivity contribution < 1.29 is 14.3 Å². The Kier molecular flexibility index (Phi) is 5.65. The number of thioether (sulfide) groups is 1. The summed E-state index contributed by atoms with van der Waals surface area (Å²) in [6.07, 6.45) is 0.852. The molecule has 2 heterocycles. The van der Waals surface area contributed by atoms with E-state index in [-0.39, 0.29) is 5.91 Å². The lowest BCUT2D eigenvalue weighted by Gasteiger charge is -2.12. The first-order valence-corrected chi connectivity index (χ1v) is 10.7. The third-order valence-electron chi connectivity index (χ3n) is 4.11. The number of thiophene rings is 1. The second-order valence-corrected chi connectivity index (χ2v) is 7.88. The quantitative estimate of drug-likeness (QED) is 0.581. The number of ether oxygens (including phenoxy) is 2. The molecular formula is C21H19NO3S2. The lowest BCUT2D eigenvalue weighted by molar-refractivity contribution is 0.102. The minimum absolute atomic E-state index is 0.127. The van der Waals surface area contributed by atoms with Crippen molar-refractivity contribution in [2.45, 2.75) is 17.1 Å². The molecule has 1 aliphatic rings. The minimum Gasteiger partial charge on any atom is -0.490 e. The summed E-state index contributed by atoms with van der Waals surface area (Å²) in [6, 6.07) is 15.3. The predicted molar refractivity (Wildman–Crippen MR) is 110 cm³/mol. The molecule has 1 aromatic heterocycles. The fraction of sp³-hybridized carbons (Fsp3) is 0.190. The molecule has 2 aromatic carbocycles. The number of nitrogens with one attached hydrogen (secondary N) is 1. The molecule has 0 bridgehead atoms. The van der Waals surface area contributed by atoms with E-state index in [1.165, 1.54) is 5.56 Å². The van der Waals surface area contributed by atoms with Crippen LogP contribution in [-0.4, -0.2) is 19.1 Å². The fourth-order valence-corrected chi connectivity index (χ4v) is 4.52. The fourth-order valence-electron chi connectivity index (χ4n) is 2.76. The zero-order valence-corrected chi connectivity index (χ0v) is 16.3. The second-order valence-electron chi connectivity index (χ2n) is 6.08. The van der Waals surface area contributed by atoms with Crippen LogP contribution in [0.5, 0.6) is 11.5 Å². The van der Waals surface area contributed by atoms with Crippen molar-refractivity contribution >= 4 is 34.7 Å². The van der Waals surface area contributed by atoms with Crippen LogP contribution in [0, 0.1) is 0 Å². The van der Waals surface area contributed by atoms with Crippen molar-refractivity contribution in [2.24, 2.45) is 0 Å². The van der Waals surface area contributed by atoms with E-state index in [4.69, 9.17) is 9.47 Å². The molecule has 0 fully saturated rings. The van der Waals surface area contributed by atoms with Gasteiger partial charge in [0.2, 0.25) is 0 Å². The van der Waals surface area contributed by atoms with E-state index in [0.29, 0.717) is 30.2 Å². The van der Waals surface area contributed by atoms with E-state index < -0.39 is 0 Å². The third kappa shape index (κ3) is 4.46. The first-order valence-electron chi connectivity index (χ1n) is 8.73. The molecule has 3 aromatic rings. The SMILES string of the molecule is O=C(Nc1ccc2c(c1)OCCCO2)c1ccccc1SCc1ccsc1. The van der Waals surface area contributed by atoms with Gasteiger partial charge >= 0.3 is 0 Å². The van der Waals surface area contributed by atoms with E-state index in [2.05, 4.69) is 22.1 Å². The van der Waals surface area contributed by atoms with Crippen molar-refractivity contribution in [3.05, 3.63) is 70.4 Å². The van der Waals surface area contributed by atoms with Crippen LogP contribution in [0.1, 0.15) is 22.3 Å². The molecule has 27 heavy (non-hydrogen) atoms. The summed E-state index contributed by atoms with van der Waals surface area (Å²) in [4.78, 5) is 13.8. The van der Waals surface area contributed by atoms with Gasteiger partial charge in [-0.1, -0.05) is 12.1 Å². The largest absolute Gasteiger partial charge is 0.490 e. The highest BCUT2D eigenvalue weighted by Gasteiger charge is 2.15. The normalized spacial score (nSPS) is 13.0. The average Bonchev–Trinajstić information content (AvgIpc) is 3.11. The summed E-state index contributed by atoms with van der Waals surface area (Å²) < 4.78 is 11.3. The highest BCUT2D eigenvalue weighted by atomic mass is 32.2. The Morgan fingerprint density at radius 1 is 1.07 bits per heavy atom. The Labute approximate surface area is 166 Å². The molecule has 0 spiro atoms. The van der Waals surface area contributed by atoms with Gasteiger partial charge in [0.25, 0.3) is 5.91 Å². The number of anilines is 1. The monoisotopic (exact) mass is 397 g/mol. The number of rotatable bonds is 5. The first kappa shape index (κ1) is 17.9. The van der Waals surface area contributed by atoms with Crippen LogP contribution < -0.4 is 14.8 Å². The lowest BCUT2D eigenvalue weighted by atomic mass is 10.2. The third-order valence-corrected chi connectivity index (χ3v) is 5.99. The molecule has 138 valence electrons. The predicted octanol–water partition coefficient (Wildman–Crippen LogP) is 5.45. The summed E-state index contributed by atoms with van der Waals surface area (Å²) in [5.74, 6) is 2.11. The molecule has 1 N–H and O–H groups in total. The summed E-state index contributed by atoms with van der Waals surface area (Å²) >= 11 is 3.36. The van der Waals surface area contributed by atoms with Crippen molar-refractivity contribution in [3.63, 3.8) is 0 Å². The summed E-state index contributed by atoms with van der Waals surface area (Å²) in [5, 5.41) is 7.18. The molecule has 0 unspecified atom stereocenters. The number of benzene rings is 2. The molecule has 0 aliphatic carbocycles. The first-order chi connectivity index (χ1) is 13.3. The molecule has 4 rings (SSSR count). The second kappa shape index (κ2) is 8.50. The Bertz CT molecular complexity index is 925. The number of hydrogen-bond donors (Lipinski definition) is 1. The summed E-state index contributed by atoms with van der Waals surface area (Å²) in [7, 11) is 0. The number of carbonyl (C=O) groups is 1. The van der Waals surface area contributed by atoms with Crippen LogP contribution in [0.3, 0.4) is 0 Å². The van der Waals surface area contributed by atoms with Gasteiger partial charge in [-0.05, 0) is 46.7 Å². The van der Waals surface area contributed by atoms with E-state index >= 15 is 0 Å². The van der Waals surface area contributed by atoms with Gasteiger partial charge in [0.15, 0.2) is 11.5 Å². The number of carbonyl (C=O) groups excluding carboxylic acids is 1. The van der Waals surface area contributed by atoms with Crippen molar-refractivity contribution in [2.75, 3.05) is 18.5 Å². The van der Waals surface area contributed by atoms with Crippen molar-refractivity contribution in [3.8, 4) is 11.5 Å². The van der Waals surface area contributed by atoms with Crippen LogP contribution in [0.4, 0.5) is 5.69 Å². The molecule has 1 amide bonds. The number of hydrogen-bond acceptors (Lipinski definition) is 5. The number of amides is 1. The Balaban J connectivity index is 1.49. The molecule has 0 atom stereocenters. The summed E-state index contributed by atoms with van der Waals surface area (Å²) in [5.41, 5.74) is 2.63. The van der Waals surface area contributed by atoms with Gasteiger partial charge in [0.05, 0.1) is 18.8 Å². The minimum atomic E-state index is -0.127. The van der Waals surface area contributed by atoms with E-state index in [1.54, 1.807) is 23.1 Å². The molecule has 0 saturated heterocycles. The molecule has 4 nitrogen and oxygen atoms in total. The van der Waals surface area contributed by atoms with Crippen LogP contribution in [0.15, 0.2) is 64.2 Å². The van der Waals surface area contributed by atoms with Crippen molar-refractivity contribution in [1.29, 1.82) is 0 Å². The van der Waals surface area contributed by atoms with Gasteiger partial charge in [0, 0.05) is 28.8 Å². The standard InChI is InChI=1S/C21H19NO3S2/c23-21(22-16-6-7-18-19(12-16)25-10-3-9-24-18)17-4-1-2-5-20(17)27-14-15-8-11-26-13-15/h1-2,4-8,11-13H,3,9-10,14H2,(H,22,23). The molecule has 0 radical (unpaired) electrons. The topological polar surface area (TPSA) is 47.6 Å².